The monoisotopic (exact) mass is 455 g/mol. The maximum atomic E-state index is 13.4. The number of hydrogen-bond acceptors (Lipinski definition) is 2. The fourth-order valence-corrected chi connectivity index (χ4v) is 7.12. The van der Waals surface area contributed by atoms with Gasteiger partial charge in [-0.2, -0.15) is 0 Å². The normalized spacial score (nSPS) is 24.4. The lowest BCUT2D eigenvalue weighted by Gasteiger charge is -2.44. The topological polar surface area (TPSA) is 29.5 Å². The summed E-state index contributed by atoms with van der Waals surface area (Å²) in [5.74, 6) is 1.05. The van der Waals surface area contributed by atoms with Crippen LogP contribution in [0.4, 0.5) is 4.79 Å². The Bertz CT molecular complexity index is 1020. The SMILES string of the molecule is O=C(OCC1c2ccccc2-c2ccccc21)N1C2C=C(CCC3CCCCC3)CC1CCC2. The van der Waals surface area contributed by atoms with Gasteiger partial charge in [-0.25, -0.2) is 4.79 Å². The molecule has 1 amide bonds. The first-order valence-corrected chi connectivity index (χ1v) is 13.6. The van der Waals surface area contributed by atoms with E-state index in [9.17, 15) is 4.79 Å². The van der Waals surface area contributed by atoms with Crippen molar-refractivity contribution < 1.29 is 9.53 Å². The second-order valence-electron chi connectivity index (χ2n) is 10.9. The smallest absolute Gasteiger partial charge is 0.410 e. The average molecular weight is 456 g/mol. The Balaban J connectivity index is 1.12. The van der Waals surface area contributed by atoms with Crippen LogP contribution in [0.2, 0.25) is 0 Å². The lowest BCUT2D eigenvalue weighted by Crippen LogP contribution is -2.52. The average Bonchev–Trinajstić information content (AvgIpc) is 3.20. The van der Waals surface area contributed by atoms with Gasteiger partial charge in [0.25, 0.3) is 0 Å². The Kier molecular flexibility index (Phi) is 6.20. The van der Waals surface area contributed by atoms with E-state index in [1.165, 1.54) is 73.6 Å². The molecular formula is C31H37NO2. The van der Waals surface area contributed by atoms with Crippen molar-refractivity contribution in [2.75, 3.05) is 6.61 Å². The highest BCUT2D eigenvalue weighted by Crippen LogP contribution is 2.45. The van der Waals surface area contributed by atoms with Gasteiger partial charge >= 0.3 is 6.09 Å². The Labute approximate surface area is 204 Å². The van der Waals surface area contributed by atoms with Gasteiger partial charge in [0, 0.05) is 12.0 Å². The van der Waals surface area contributed by atoms with Crippen LogP contribution in [0.5, 0.6) is 0 Å². The molecule has 0 N–H and O–H groups in total. The van der Waals surface area contributed by atoms with Crippen LogP contribution in [-0.2, 0) is 4.74 Å². The number of carbonyl (C=O) groups excluding carboxylic acids is 1. The molecule has 3 nitrogen and oxygen atoms in total. The summed E-state index contributed by atoms with van der Waals surface area (Å²) in [6.45, 7) is 0.418. The summed E-state index contributed by atoms with van der Waals surface area (Å²) in [6, 6.07) is 17.7. The summed E-state index contributed by atoms with van der Waals surface area (Å²) >= 11 is 0. The lowest BCUT2D eigenvalue weighted by molar-refractivity contribution is 0.0506. The van der Waals surface area contributed by atoms with Crippen LogP contribution in [0, 0.1) is 5.92 Å². The van der Waals surface area contributed by atoms with Crippen LogP contribution in [0.3, 0.4) is 0 Å². The third-order valence-corrected chi connectivity index (χ3v) is 8.86. The first-order chi connectivity index (χ1) is 16.8. The van der Waals surface area contributed by atoms with E-state index < -0.39 is 0 Å². The molecule has 0 aromatic heterocycles. The molecule has 3 heteroatoms. The van der Waals surface area contributed by atoms with Crippen molar-refractivity contribution >= 4 is 6.09 Å². The Morgan fingerprint density at radius 2 is 1.56 bits per heavy atom. The van der Waals surface area contributed by atoms with Crippen molar-refractivity contribution in [3.8, 4) is 11.1 Å². The molecule has 2 fully saturated rings. The van der Waals surface area contributed by atoms with Gasteiger partial charge in [0.1, 0.15) is 6.61 Å². The Hall–Kier alpha value is -2.55. The third kappa shape index (κ3) is 4.19. The molecule has 34 heavy (non-hydrogen) atoms. The number of amides is 1. The van der Waals surface area contributed by atoms with E-state index in [4.69, 9.17) is 4.74 Å². The fraction of sp³-hybridized carbons (Fsp3) is 0.516. The zero-order valence-electron chi connectivity index (χ0n) is 20.3. The second-order valence-corrected chi connectivity index (χ2v) is 10.9. The minimum absolute atomic E-state index is 0.112. The molecule has 0 radical (unpaired) electrons. The first-order valence-electron chi connectivity index (χ1n) is 13.6. The number of nitrogens with zero attached hydrogens (tertiary/aromatic N) is 1. The third-order valence-electron chi connectivity index (χ3n) is 8.86. The van der Waals surface area contributed by atoms with Crippen molar-refractivity contribution in [3.63, 3.8) is 0 Å². The zero-order valence-corrected chi connectivity index (χ0v) is 20.3. The van der Waals surface area contributed by atoms with Gasteiger partial charge in [-0.1, -0.05) is 92.3 Å². The molecule has 2 aliphatic heterocycles. The van der Waals surface area contributed by atoms with E-state index >= 15 is 0 Å². The Morgan fingerprint density at radius 3 is 2.26 bits per heavy atom. The van der Waals surface area contributed by atoms with E-state index in [1.807, 2.05) is 0 Å². The molecule has 178 valence electrons. The van der Waals surface area contributed by atoms with Crippen molar-refractivity contribution in [1.29, 1.82) is 0 Å². The van der Waals surface area contributed by atoms with Crippen LogP contribution in [0.15, 0.2) is 60.2 Å². The minimum atomic E-state index is -0.112. The van der Waals surface area contributed by atoms with E-state index in [-0.39, 0.29) is 18.1 Å². The van der Waals surface area contributed by atoms with Gasteiger partial charge in [-0.15, -0.1) is 0 Å². The Morgan fingerprint density at radius 1 is 0.853 bits per heavy atom. The molecule has 2 aromatic rings. The van der Waals surface area contributed by atoms with Gasteiger partial charge in [0.05, 0.1) is 6.04 Å². The number of carbonyl (C=O) groups is 1. The van der Waals surface area contributed by atoms with Crippen LogP contribution < -0.4 is 0 Å². The number of ether oxygens (including phenoxy) is 1. The molecule has 2 unspecified atom stereocenters. The fourth-order valence-electron chi connectivity index (χ4n) is 7.12. The molecule has 2 aromatic carbocycles. The highest BCUT2D eigenvalue weighted by molar-refractivity contribution is 5.79. The zero-order chi connectivity index (χ0) is 22.9. The van der Waals surface area contributed by atoms with Crippen molar-refractivity contribution in [2.45, 2.75) is 88.6 Å². The summed E-state index contributed by atoms with van der Waals surface area (Å²) in [6.07, 6.45) is 16.5. The molecule has 2 aliphatic carbocycles. The van der Waals surface area contributed by atoms with Gasteiger partial charge in [-0.3, -0.25) is 4.90 Å². The number of piperidine rings is 1. The maximum Gasteiger partial charge on any atom is 0.410 e. The summed E-state index contributed by atoms with van der Waals surface area (Å²) in [4.78, 5) is 15.5. The quantitative estimate of drug-likeness (QED) is 0.430. The molecule has 2 heterocycles. The molecular weight excluding hydrogens is 418 g/mol. The van der Waals surface area contributed by atoms with Gasteiger partial charge in [-0.05, 0) is 66.7 Å². The molecule has 2 bridgehead atoms. The van der Waals surface area contributed by atoms with Gasteiger partial charge < -0.3 is 4.74 Å². The largest absolute Gasteiger partial charge is 0.448 e. The second kappa shape index (κ2) is 9.60. The van der Waals surface area contributed by atoms with E-state index in [1.54, 1.807) is 5.57 Å². The number of benzene rings is 2. The molecule has 0 spiro atoms. The van der Waals surface area contributed by atoms with E-state index in [0.29, 0.717) is 12.6 Å². The van der Waals surface area contributed by atoms with Crippen molar-refractivity contribution in [2.24, 2.45) is 5.92 Å². The predicted octanol–water partition coefficient (Wildman–Crippen LogP) is 7.85. The summed E-state index contributed by atoms with van der Waals surface area (Å²) < 4.78 is 6.06. The standard InChI is InChI=1S/C31H37NO2/c33-31(34-21-30-28-15-6-4-13-26(28)27-14-5-7-16-29(27)30)32-24-11-8-12-25(32)20-23(19-24)18-17-22-9-2-1-3-10-22/h4-7,13-16,19,22,24-25,30H,1-3,8-12,17-18,20-21H2. The summed E-state index contributed by atoms with van der Waals surface area (Å²) in [7, 11) is 0. The molecule has 1 saturated heterocycles. The van der Waals surface area contributed by atoms with Crippen molar-refractivity contribution in [3.05, 3.63) is 71.3 Å². The van der Waals surface area contributed by atoms with Crippen LogP contribution in [0.25, 0.3) is 11.1 Å². The number of rotatable bonds is 5. The van der Waals surface area contributed by atoms with Crippen molar-refractivity contribution in [1.82, 2.24) is 4.90 Å². The predicted molar refractivity (Wildman–Crippen MR) is 137 cm³/mol. The highest BCUT2D eigenvalue weighted by atomic mass is 16.6. The summed E-state index contributed by atoms with van der Waals surface area (Å²) in [5, 5.41) is 0. The van der Waals surface area contributed by atoms with Crippen LogP contribution in [-0.4, -0.2) is 29.7 Å². The lowest BCUT2D eigenvalue weighted by atomic mass is 9.81. The van der Waals surface area contributed by atoms with E-state index in [0.717, 1.165) is 25.2 Å². The number of hydrogen-bond donors (Lipinski definition) is 0. The van der Waals surface area contributed by atoms with Gasteiger partial charge in [0.15, 0.2) is 0 Å². The summed E-state index contributed by atoms with van der Waals surface area (Å²) in [5.41, 5.74) is 6.71. The van der Waals surface area contributed by atoms with Crippen LogP contribution in [0.1, 0.15) is 87.7 Å². The first kappa shape index (κ1) is 21.9. The van der Waals surface area contributed by atoms with Crippen LogP contribution >= 0.6 is 0 Å². The molecule has 1 saturated carbocycles. The molecule has 2 atom stereocenters. The minimum Gasteiger partial charge on any atom is -0.448 e. The maximum absolute atomic E-state index is 13.4. The van der Waals surface area contributed by atoms with Gasteiger partial charge in [0.2, 0.25) is 0 Å². The molecule has 6 rings (SSSR count). The van der Waals surface area contributed by atoms with E-state index in [2.05, 4.69) is 59.5 Å². The number of fused-ring (bicyclic) bond motifs is 5. The highest BCUT2D eigenvalue weighted by Gasteiger charge is 2.39. The molecule has 4 aliphatic rings.